The maximum absolute atomic E-state index is 10.7. The van der Waals surface area contributed by atoms with Gasteiger partial charge in [-0.3, -0.25) is 4.79 Å². The van der Waals surface area contributed by atoms with Crippen LogP contribution in [0.2, 0.25) is 0 Å². The van der Waals surface area contributed by atoms with Gasteiger partial charge in [-0.2, -0.15) is 5.26 Å². The third-order valence-corrected chi connectivity index (χ3v) is 3.02. The monoisotopic (exact) mass is 281 g/mol. The van der Waals surface area contributed by atoms with E-state index in [4.69, 9.17) is 10.4 Å². The van der Waals surface area contributed by atoms with Crippen molar-refractivity contribution in [3.05, 3.63) is 34.4 Å². The molecular weight excluding hydrogens is 270 g/mol. The van der Waals surface area contributed by atoms with Crippen LogP contribution in [0.1, 0.15) is 29.2 Å². The largest absolute Gasteiger partial charge is 0.481 e. The Morgan fingerprint density at radius 2 is 2.12 bits per heavy atom. The zero-order valence-corrected chi connectivity index (χ0v) is 10.5. The van der Waals surface area contributed by atoms with Crippen LogP contribution in [0.15, 0.2) is 12.1 Å². The lowest BCUT2D eigenvalue weighted by atomic mass is 9.96. The molecule has 84 valence electrons. The van der Waals surface area contributed by atoms with E-state index in [-0.39, 0.29) is 6.42 Å². The second kappa shape index (κ2) is 5.66. The molecule has 1 rings (SSSR count). The molecule has 0 aliphatic carbocycles. The average Bonchev–Trinajstić information content (AvgIpc) is 2.27. The Morgan fingerprint density at radius 1 is 1.44 bits per heavy atom. The number of hydrogen-bond acceptors (Lipinski definition) is 2. The molecule has 0 spiro atoms. The van der Waals surface area contributed by atoms with Gasteiger partial charge >= 0.3 is 5.97 Å². The van der Waals surface area contributed by atoms with Crippen molar-refractivity contribution < 1.29 is 9.90 Å². The fourth-order valence-corrected chi connectivity index (χ4v) is 2.08. The third-order valence-electron chi connectivity index (χ3n) is 2.41. The molecule has 0 aliphatic heterocycles. The average molecular weight is 282 g/mol. The molecule has 3 nitrogen and oxygen atoms in total. The summed E-state index contributed by atoms with van der Waals surface area (Å²) in [6, 6.07) is 5.68. The van der Waals surface area contributed by atoms with Crippen molar-refractivity contribution in [1.29, 1.82) is 5.26 Å². The quantitative estimate of drug-likeness (QED) is 0.863. The van der Waals surface area contributed by atoms with Crippen LogP contribution in [0.5, 0.6) is 0 Å². The molecule has 0 saturated heterocycles. The molecule has 0 radical (unpaired) electrons. The van der Waals surface area contributed by atoms with Crippen molar-refractivity contribution >= 4 is 21.9 Å². The molecule has 0 unspecified atom stereocenters. The number of aryl methyl sites for hydroxylation is 1. The Balaban J connectivity index is 3.27. The van der Waals surface area contributed by atoms with E-state index in [9.17, 15) is 4.79 Å². The molecular formula is C12H12BrNO2. The number of nitrogens with zero attached hydrogens (tertiary/aromatic N) is 1. The second-order valence-electron chi connectivity index (χ2n) is 3.45. The molecule has 0 aliphatic rings. The Kier molecular flexibility index (Phi) is 4.51. The van der Waals surface area contributed by atoms with E-state index in [1.165, 1.54) is 0 Å². The van der Waals surface area contributed by atoms with Crippen LogP contribution in [0, 0.1) is 11.3 Å². The van der Waals surface area contributed by atoms with Crippen molar-refractivity contribution in [1.82, 2.24) is 0 Å². The van der Waals surface area contributed by atoms with Gasteiger partial charge in [-0.25, -0.2) is 0 Å². The van der Waals surface area contributed by atoms with Crippen LogP contribution in [-0.4, -0.2) is 11.1 Å². The fraction of sp³-hybridized carbons (Fsp3) is 0.333. The summed E-state index contributed by atoms with van der Waals surface area (Å²) in [6.07, 6.45) is 0.745. The molecule has 4 heteroatoms. The SMILES string of the molecule is CCc1cc(CBr)c(C#N)cc1CC(=O)O. The van der Waals surface area contributed by atoms with E-state index >= 15 is 0 Å². The summed E-state index contributed by atoms with van der Waals surface area (Å²) in [5.74, 6) is -0.870. The molecule has 0 aromatic heterocycles. The van der Waals surface area contributed by atoms with Crippen LogP contribution in [0.4, 0.5) is 0 Å². The van der Waals surface area contributed by atoms with Gasteiger partial charge in [0.1, 0.15) is 0 Å². The number of benzene rings is 1. The van der Waals surface area contributed by atoms with E-state index in [0.29, 0.717) is 10.9 Å². The standard InChI is InChI=1S/C12H12BrNO2/c1-2-8-3-10(6-13)11(7-14)4-9(8)5-12(15)16/h3-4H,2,5-6H2,1H3,(H,15,16). The van der Waals surface area contributed by atoms with E-state index in [2.05, 4.69) is 22.0 Å². The van der Waals surface area contributed by atoms with Crippen molar-refractivity contribution in [3.8, 4) is 6.07 Å². The van der Waals surface area contributed by atoms with E-state index in [1.807, 2.05) is 13.0 Å². The van der Waals surface area contributed by atoms with Gasteiger partial charge in [-0.05, 0) is 29.2 Å². The molecule has 0 bridgehead atoms. The maximum Gasteiger partial charge on any atom is 0.307 e. The highest BCUT2D eigenvalue weighted by Gasteiger charge is 2.10. The number of carboxylic acids is 1. The van der Waals surface area contributed by atoms with Crippen molar-refractivity contribution in [2.45, 2.75) is 25.1 Å². The lowest BCUT2D eigenvalue weighted by Gasteiger charge is -2.09. The minimum absolute atomic E-state index is 0.0274. The molecule has 16 heavy (non-hydrogen) atoms. The van der Waals surface area contributed by atoms with Crippen LogP contribution in [0.25, 0.3) is 0 Å². The molecule has 1 aromatic rings. The smallest absolute Gasteiger partial charge is 0.307 e. The first-order valence-corrected chi connectivity index (χ1v) is 6.07. The van der Waals surface area contributed by atoms with Gasteiger partial charge in [0, 0.05) is 5.33 Å². The maximum atomic E-state index is 10.7. The normalized spacial score (nSPS) is 9.81. The summed E-state index contributed by atoms with van der Waals surface area (Å²) in [5.41, 5.74) is 3.19. The third kappa shape index (κ3) is 2.83. The van der Waals surface area contributed by atoms with Crippen LogP contribution in [-0.2, 0) is 23.0 Å². The number of carbonyl (C=O) groups is 1. The predicted molar refractivity (Wildman–Crippen MR) is 64.5 cm³/mol. The van der Waals surface area contributed by atoms with Crippen LogP contribution in [0.3, 0.4) is 0 Å². The fourth-order valence-electron chi connectivity index (χ4n) is 1.61. The van der Waals surface area contributed by atoms with Crippen LogP contribution >= 0.6 is 15.9 Å². The Bertz CT molecular complexity index is 449. The summed E-state index contributed by atoms with van der Waals surface area (Å²) in [6.45, 7) is 1.98. The number of nitriles is 1. The lowest BCUT2D eigenvalue weighted by Crippen LogP contribution is -2.05. The number of carboxylic acid groups (broad SMARTS) is 1. The molecule has 0 heterocycles. The van der Waals surface area contributed by atoms with Gasteiger partial charge in [0.05, 0.1) is 18.1 Å². The zero-order valence-electron chi connectivity index (χ0n) is 8.96. The van der Waals surface area contributed by atoms with E-state index in [0.717, 1.165) is 23.1 Å². The number of rotatable bonds is 4. The van der Waals surface area contributed by atoms with Gasteiger partial charge in [-0.15, -0.1) is 0 Å². The highest BCUT2D eigenvalue weighted by Crippen LogP contribution is 2.20. The zero-order chi connectivity index (χ0) is 12.1. The Labute approximate surface area is 103 Å². The Morgan fingerprint density at radius 3 is 2.56 bits per heavy atom. The minimum atomic E-state index is -0.870. The van der Waals surface area contributed by atoms with Crippen molar-refractivity contribution in [2.75, 3.05) is 0 Å². The molecule has 0 saturated carbocycles. The topological polar surface area (TPSA) is 61.1 Å². The predicted octanol–water partition coefficient (Wildman–Crippen LogP) is 2.64. The van der Waals surface area contributed by atoms with Crippen molar-refractivity contribution in [3.63, 3.8) is 0 Å². The molecule has 1 aromatic carbocycles. The number of aliphatic carboxylic acids is 1. The first-order valence-electron chi connectivity index (χ1n) is 4.94. The lowest BCUT2D eigenvalue weighted by molar-refractivity contribution is -0.136. The summed E-state index contributed by atoms with van der Waals surface area (Å²) in [4.78, 5) is 10.7. The first kappa shape index (κ1) is 12.7. The molecule has 0 fully saturated rings. The van der Waals surface area contributed by atoms with Gasteiger partial charge < -0.3 is 5.11 Å². The number of alkyl halides is 1. The Hall–Kier alpha value is -1.34. The molecule has 0 amide bonds. The van der Waals surface area contributed by atoms with Gasteiger partial charge in [-0.1, -0.05) is 28.9 Å². The van der Waals surface area contributed by atoms with Crippen molar-refractivity contribution in [2.24, 2.45) is 0 Å². The first-order chi connectivity index (χ1) is 7.62. The number of hydrogen-bond donors (Lipinski definition) is 1. The highest BCUT2D eigenvalue weighted by atomic mass is 79.9. The minimum Gasteiger partial charge on any atom is -0.481 e. The highest BCUT2D eigenvalue weighted by molar-refractivity contribution is 9.08. The van der Waals surface area contributed by atoms with Gasteiger partial charge in [0.25, 0.3) is 0 Å². The molecule has 1 N–H and O–H groups in total. The van der Waals surface area contributed by atoms with Crippen LogP contribution < -0.4 is 0 Å². The van der Waals surface area contributed by atoms with E-state index in [1.54, 1.807) is 6.07 Å². The summed E-state index contributed by atoms with van der Waals surface area (Å²) >= 11 is 3.32. The summed E-state index contributed by atoms with van der Waals surface area (Å²) in [5, 5.41) is 18.3. The molecule has 0 atom stereocenters. The second-order valence-corrected chi connectivity index (χ2v) is 4.01. The van der Waals surface area contributed by atoms with Gasteiger partial charge in [0.2, 0.25) is 0 Å². The van der Waals surface area contributed by atoms with E-state index < -0.39 is 5.97 Å². The summed E-state index contributed by atoms with van der Waals surface area (Å²) in [7, 11) is 0. The van der Waals surface area contributed by atoms with Gasteiger partial charge in [0.15, 0.2) is 0 Å². The summed E-state index contributed by atoms with van der Waals surface area (Å²) < 4.78 is 0. The number of halogens is 1.